The third-order valence-corrected chi connectivity index (χ3v) is 18.7. The van der Waals surface area contributed by atoms with Crippen molar-refractivity contribution in [2.45, 2.75) is 132 Å². The molecule has 0 aromatic carbocycles. The molecule has 8 heterocycles. The number of likely N-dealkylation sites (tertiary alicyclic amines) is 2. The lowest BCUT2D eigenvalue weighted by Gasteiger charge is -2.57. The Bertz CT molecular complexity index is 1500. The van der Waals surface area contributed by atoms with Gasteiger partial charge >= 0.3 is 0 Å². The lowest BCUT2D eigenvalue weighted by atomic mass is 9.74. The number of rotatable bonds is 9. The molecule has 1 aliphatic carbocycles. The molecule has 8 aliphatic heterocycles. The highest BCUT2D eigenvalue weighted by Crippen LogP contribution is 2.44. The van der Waals surface area contributed by atoms with Crippen LogP contribution in [0.1, 0.15) is 90.5 Å². The number of piperidine rings is 1. The van der Waals surface area contributed by atoms with Gasteiger partial charge in [0.2, 0.25) is 0 Å². The minimum atomic E-state index is -2.02. The van der Waals surface area contributed by atoms with Gasteiger partial charge in [0.15, 0.2) is 0 Å². The van der Waals surface area contributed by atoms with Crippen LogP contribution < -0.4 is 16.4 Å². The normalized spacial score (nSPS) is 29.7. The highest BCUT2D eigenvalue weighted by atomic mass is 32.2. The molecule has 5 unspecified atom stereocenters. The molecule has 1 saturated carbocycles. The number of allylic oxidation sites excluding steroid dienone is 1. The van der Waals surface area contributed by atoms with E-state index in [0.29, 0.717) is 35.6 Å². The Morgan fingerprint density at radius 2 is 1.06 bits per heavy atom. The van der Waals surface area contributed by atoms with Gasteiger partial charge in [-0.15, -0.1) is 0 Å². The predicted molar refractivity (Wildman–Crippen MR) is 300 cm³/mol. The smallest absolute Gasteiger partial charge is 0.0831 e. The van der Waals surface area contributed by atoms with E-state index in [9.17, 15) is 4.21 Å². The third-order valence-electron chi connectivity index (χ3n) is 16.0. The number of hydrogen-bond donors (Lipinski definition) is 3. The van der Waals surface area contributed by atoms with Crippen LogP contribution in [0.3, 0.4) is 0 Å². The monoisotopic (exact) mass is 995 g/mol. The minimum Gasteiger partial charge on any atom is -0.373 e. The van der Waals surface area contributed by atoms with Crippen LogP contribution in [0.25, 0.3) is 0 Å². The topological polar surface area (TPSA) is 106 Å². The van der Waals surface area contributed by atoms with Gasteiger partial charge in [-0.3, -0.25) is 14.0 Å². The van der Waals surface area contributed by atoms with Gasteiger partial charge in [0.05, 0.1) is 12.2 Å². The molecule has 14 nitrogen and oxygen atoms in total. The van der Waals surface area contributed by atoms with Crippen molar-refractivity contribution in [2.24, 2.45) is 34.8 Å². The number of nitrogens with one attached hydrogen (secondary N) is 2. The van der Waals surface area contributed by atoms with Crippen LogP contribution >= 0.6 is 0 Å². The molecule has 0 aromatic rings. The number of likely N-dealkylation sites (N-methyl/N-ethyl adjacent to an activating group) is 3. The van der Waals surface area contributed by atoms with Gasteiger partial charge in [0.1, 0.15) is 0 Å². The molecule has 0 amide bonds. The number of ether oxygens (including phenoxy) is 1. The summed E-state index contributed by atoms with van der Waals surface area (Å²) in [6, 6.07) is 2.69. The zero-order valence-corrected chi connectivity index (χ0v) is 47.7. The van der Waals surface area contributed by atoms with E-state index < -0.39 is 9.71 Å². The summed E-state index contributed by atoms with van der Waals surface area (Å²) >= 11 is 0. The Kier molecular flexibility index (Phi) is 26.4. The summed E-state index contributed by atoms with van der Waals surface area (Å²) in [5.41, 5.74) is 7.81. The molecule has 1 spiro atoms. The largest absolute Gasteiger partial charge is 0.373 e. The molecule has 0 radical (unpaired) electrons. The van der Waals surface area contributed by atoms with E-state index in [4.69, 9.17) is 10.5 Å². The quantitative estimate of drug-likeness (QED) is 0.292. The first kappa shape index (κ1) is 62.4. The Morgan fingerprint density at radius 1 is 0.638 bits per heavy atom. The molecule has 2 bridgehead atoms. The number of nitrogens with zero attached hydrogens (tertiary/aromatic N) is 9. The summed E-state index contributed by atoms with van der Waals surface area (Å²) in [7, 11) is 4.46. The number of morpholine rings is 2. The fourth-order valence-electron chi connectivity index (χ4n) is 10.3. The second-order valence-electron chi connectivity index (χ2n) is 24.0. The van der Waals surface area contributed by atoms with Gasteiger partial charge in [-0.05, 0) is 92.2 Å². The maximum absolute atomic E-state index is 12.1. The van der Waals surface area contributed by atoms with E-state index in [0.717, 1.165) is 95.3 Å². The Hall–Kier alpha value is -0.920. The summed E-state index contributed by atoms with van der Waals surface area (Å²) < 4.78 is 20.0. The molecule has 69 heavy (non-hydrogen) atoms. The van der Waals surface area contributed by atoms with E-state index in [-0.39, 0.29) is 12.7 Å². The molecule has 9 aliphatic rings. The lowest BCUT2D eigenvalue weighted by Crippen LogP contribution is -2.72. The molecule has 0 aromatic heterocycles. The summed E-state index contributed by atoms with van der Waals surface area (Å²) in [6.07, 6.45) is 0.861. The standard InChI is InChI=1S/C10H20N2.C9H20N2OS.C9H18N2O.C9H20N2.2C8H16N2.CH4/c1-9(2)10(3)12-7-5-11(4)6-8-12;1-9(2)13(4,12)11-7-5-10(3)6-8-11;1-7(2)11-5-8-3-10-4-9(6-11)12-8;1-9(2)8-11-6-4-10(3)5-7-11;1-7(2)10-5-8(6-10)3-9-4-8;1-5(2)10-3-6-7(4-10)8(6)9;/h9H,3,5-8H2,1-2,4H3;9H,4-8H2,1-3H3;7-10H,3-6H2,1-2H3;9H,4-8H2,1-3H3;7,9H,3-6H2,1-2H3;5-8H,3-4,9H2,1-2H3;1H4. The van der Waals surface area contributed by atoms with Crippen LogP contribution in [0.4, 0.5) is 0 Å². The second-order valence-corrected chi connectivity index (χ2v) is 26.9. The third kappa shape index (κ3) is 20.0. The number of piperazine rings is 3. The molecular formula is C54H114N12O2S. The van der Waals surface area contributed by atoms with Crippen molar-refractivity contribution in [1.82, 2.24) is 54.1 Å². The van der Waals surface area contributed by atoms with Crippen LogP contribution in [0.15, 0.2) is 12.3 Å². The summed E-state index contributed by atoms with van der Waals surface area (Å²) in [5.74, 6) is 6.96. The molecule has 5 atom stereocenters. The van der Waals surface area contributed by atoms with Crippen molar-refractivity contribution in [2.75, 3.05) is 172 Å². The fraction of sp³-hybridized carbons (Fsp3) is 0.944. The zero-order valence-electron chi connectivity index (χ0n) is 46.9. The van der Waals surface area contributed by atoms with Crippen molar-refractivity contribution < 1.29 is 8.95 Å². The average Bonchev–Trinajstić information content (AvgIpc) is 3.60. The zero-order chi connectivity index (χ0) is 50.5. The van der Waals surface area contributed by atoms with E-state index in [2.05, 4.69) is 153 Å². The van der Waals surface area contributed by atoms with Gasteiger partial charge in [-0.2, -0.15) is 0 Å². The van der Waals surface area contributed by atoms with Gasteiger partial charge in [0, 0.05) is 201 Å². The molecule has 9 rings (SSSR count). The van der Waals surface area contributed by atoms with E-state index >= 15 is 0 Å². The van der Waals surface area contributed by atoms with Crippen molar-refractivity contribution in [3.8, 4) is 0 Å². The van der Waals surface area contributed by atoms with E-state index in [1.807, 2.05) is 18.2 Å². The Morgan fingerprint density at radius 3 is 1.43 bits per heavy atom. The molecule has 15 heteroatoms. The molecule has 9 fully saturated rings. The van der Waals surface area contributed by atoms with Crippen molar-refractivity contribution in [3.05, 3.63) is 12.3 Å². The van der Waals surface area contributed by atoms with Crippen LogP contribution in [-0.2, 0) is 14.4 Å². The van der Waals surface area contributed by atoms with Crippen LogP contribution in [-0.4, -0.2) is 267 Å². The van der Waals surface area contributed by atoms with Crippen molar-refractivity contribution in [3.63, 3.8) is 0 Å². The molecule has 4 N–H and O–H groups in total. The van der Waals surface area contributed by atoms with Gasteiger partial charge < -0.3 is 50.5 Å². The molecular weight excluding hydrogens is 881 g/mol. The minimum absolute atomic E-state index is 0. The highest BCUT2D eigenvalue weighted by molar-refractivity contribution is 7.98. The first-order valence-electron chi connectivity index (χ1n) is 27.3. The summed E-state index contributed by atoms with van der Waals surface area (Å²) in [4.78, 5) is 19.6. The van der Waals surface area contributed by atoms with Crippen LogP contribution in [0, 0.1) is 29.1 Å². The first-order valence-corrected chi connectivity index (χ1v) is 29.0. The molecule has 408 valence electrons. The fourth-order valence-corrected chi connectivity index (χ4v) is 11.7. The summed E-state index contributed by atoms with van der Waals surface area (Å²) in [6.45, 7) is 57.3. The maximum Gasteiger partial charge on any atom is 0.0831 e. The van der Waals surface area contributed by atoms with E-state index in [1.54, 1.807) is 0 Å². The number of fused-ring (bicyclic) bond motifs is 3. The Labute approximate surface area is 427 Å². The predicted octanol–water partition coefficient (Wildman–Crippen LogP) is 3.85. The van der Waals surface area contributed by atoms with Crippen molar-refractivity contribution >= 4 is 15.6 Å². The first-order chi connectivity index (χ1) is 31.9. The van der Waals surface area contributed by atoms with Gasteiger partial charge in [-0.25, -0.2) is 4.31 Å². The lowest BCUT2D eigenvalue weighted by molar-refractivity contribution is -0.110. The van der Waals surface area contributed by atoms with Crippen LogP contribution in [0.5, 0.6) is 0 Å². The summed E-state index contributed by atoms with van der Waals surface area (Å²) in [5, 5.41) is 6.88. The van der Waals surface area contributed by atoms with Crippen LogP contribution in [0.2, 0.25) is 0 Å². The average molecular weight is 996 g/mol. The maximum atomic E-state index is 12.1. The second kappa shape index (κ2) is 29.2. The Balaban J connectivity index is 0.000000219. The van der Waals surface area contributed by atoms with Gasteiger partial charge in [-0.1, -0.05) is 55.5 Å². The number of nitrogens with two attached hydrogens (primary N) is 1. The highest BCUT2D eigenvalue weighted by Gasteiger charge is 2.53. The van der Waals surface area contributed by atoms with Gasteiger partial charge in [0.25, 0.3) is 0 Å². The number of hydrogen-bond acceptors (Lipinski definition) is 13. The van der Waals surface area contributed by atoms with Crippen molar-refractivity contribution in [1.29, 1.82) is 0 Å². The SMILES string of the molecule is C.C=C(C(C)C)N1CCN(C)CC1.C=S(=O)(C(C)C)N1CCN(C)CC1.CC(C)CN1CCN(C)CC1.CC(C)N1CC2(CNC2)C1.CC(C)N1CC2C(N)C2C1.CC(C)N1CC2CNCC(C1)O2. The molecule has 8 saturated heterocycles. The van der Waals surface area contributed by atoms with E-state index in [1.165, 1.54) is 90.8 Å².